The molecule has 0 saturated carbocycles. The normalized spacial score (nSPS) is 17.7. The Hall–Kier alpha value is -1.75. The number of carbonyl (C=O) groups is 1. The average molecular weight is 279 g/mol. The molecule has 0 aliphatic carbocycles. The molecule has 1 aromatic rings. The molecule has 1 aromatic carbocycles. The van der Waals surface area contributed by atoms with Crippen molar-refractivity contribution in [2.45, 2.75) is 39.4 Å². The number of benzene rings is 1. The first-order valence-electron chi connectivity index (χ1n) is 6.96. The first-order chi connectivity index (χ1) is 9.65. The predicted octanol–water partition coefficient (Wildman–Crippen LogP) is 2.10. The van der Waals surface area contributed by atoms with E-state index >= 15 is 0 Å². The number of rotatable bonds is 5. The molecule has 1 unspecified atom stereocenters. The highest BCUT2D eigenvalue weighted by Crippen LogP contribution is 2.43. The number of anilines is 1. The molecule has 1 N–H and O–H groups in total. The minimum Gasteiger partial charge on any atom is -0.493 e. The molecule has 20 heavy (non-hydrogen) atoms. The number of hydrogen-bond acceptors (Lipinski definition) is 4. The third-order valence-electron chi connectivity index (χ3n) is 3.41. The van der Waals surface area contributed by atoms with Gasteiger partial charge in [-0.25, -0.2) is 0 Å². The van der Waals surface area contributed by atoms with Gasteiger partial charge in [-0.05, 0) is 30.5 Å². The number of hydrogen-bond donors (Lipinski definition) is 1. The van der Waals surface area contributed by atoms with Crippen molar-refractivity contribution in [3.63, 3.8) is 0 Å². The molecule has 0 radical (unpaired) electrons. The van der Waals surface area contributed by atoms with E-state index in [1.54, 1.807) is 24.1 Å². The van der Waals surface area contributed by atoms with Crippen molar-refractivity contribution in [1.29, 1.82) is 0 Å². The van der Waals surface area contributed by atoms with Crippen LogP contribution in [0.25, 0.3) is 0 Å². The molecule has 5 nitrogen and oxygen atoms in total. The molecule has 110 valence electrons. The number of aliphatic hydroxyl groups is 1. The van der Waals surface area contributed by atoms with E-state index in [1.165, 1.54) is 0 Å². The molecule has 0 bridgehead atoms. The maximum absolute atomic E-state index is 12.4. The van der Waals surface area contributed by atoms with Gasteiger partial charge in [0, 0.05) is 6.54 Å². The van der Waals surface area contributed by atoms with Crippen LogP contribution in [0.3, 0.4) is 0 Å². The fourth-order valence-corrected chi connectivity index (χ4v) is 2.40. The maximum atomic E-state index is 12.4. The molecule has 0 fully saturated rings. The Bertz CT molecular complexity index is 501. The lowest BCUT2D eigenvalue weighted by Crippen LogP contribution is -2.46. The molecule has 1 aliphatic heterocycles. The summed E-state index contributed by atoms with van der Waals surface area (Å²) in [6.07, 6.45) is 0.999. The summed E-state index contributed by atoms with van der Waals surface area (Å²) >= 11 is 0. The lowest BCUT2D eigenvalue weighted by molar-refractivity contribution is -0.126. The van der Waals surface area contributed by atoms with Crippen LogP contribution in [0, 0.1) is 0 Å². The van der Waals surface area contributed by atoms with Gasteiger partial charge in [0.2, 0.25) is 0 Å². The maximum Gasteiger partial charge on any atom is 0.268 e. The lowest BCUT2D eigenvalue weighted by atomic mass is 10.1. The molecule has 1 aliphatic rings. The van der Waals surface area contributed by atoms with Crippen LogP contribution in [-0.2, 0) is 11.4 Å². The van der Waals surface area contributed by atoms with Gasteiger partial charge in [0.05, 0.1) is 19.4 Å². The van der Waals surface area contributed by atoms with Crippen molar-refractivity contribution in [2.75, 3.05) is 18.6 Å². The molecule has 0 spiro atoms. The Morgan fingerprint density at radius 3 is 2.70 bits per heavy atom. The second kappa shape index (κ2) is 6.13. The summed E-state index contributed by atoms with van der Waals surface area (Å²) in [5.41, 5.74) is 1.39. The standard InChI is InChI=1S/C15H21NO4/c1-4-6-16-11-7-10(9-17)8-13(19-3)14(11)20-12(5-2)15(16)18/h7-8,12,17H,4-6,9H2,1-3H3. The summed E-state index contributed by atoms with van der Waals surface area (Å²) < 4.78 is 11.1. The van der Waals surface area contributed by atoms with Crippen LogP contribution in [0.1, 0.15) is 32.3 Å². The largest absolute Gasteiger partial charge is 0.493 e. The number of aliphatic hydroxyl groups excluding tert-OH is 1. The topological polar surface area (TPSA) is 59.0 Å². The van der Waals surface area contributed by atoms with Gasteiger partial charge in [-0.15, -0.1) is 0 Å². The Balaban J connectivity index is 2.55. The van der Waals surface area contributed by atoms with Gasteiger partial charge in [-0.1, -0.05) is 13.8 Å². The van der Waals surface area contributed by atoms with Gasteiger partial charge in [-0.2, -0.15) is 0 Å². The van der Waals surface area contributed by atoms with Crippen molar-refractivity contribution in [3.8, 4) is 11.5 Å². The first kappa shape index (κ1) is 14.7. The van der Waals surface area contributed by atoms with Gasteiger partial charge in [0.15, 0.2) is 17.6 Å². The van der Waals surface area contributed by atoms with Crippen molar-refractivity contribution in [3.05, 3.63) is 17.7 Å². The average Bonchev–Trinajstić information content (AvgIpc) is 2.48. The van der Waals surface area contributed by atoms with Gasteiger partial charge in [0.1, 0.15) is 0 Å². The summed E-state index contributed by atoms with van der Waals surface area (Å²) in [7, 11) is 1.56. The van der Waals surface area contributed by atoms with E-state index in [-0.39, 0.29) is 12.5 Å². The number of carbonyl (C=O) groups excluding carboxylic acids is 1. The fraction of sp³-hybridized carbons (Fsp3) is 0.533. The quantitative estimate of drug-likeness (QED) is 0.896. The number of ether oxygens (including phenoxy) is 2. The van der Waals surface area contributed by atoms with Gasteiger partial charge in [0.25, 0.3) is 5.91 Å². The second-order valence-electron chi connectivity index (χ2n) is 4.81. The lowest BCUT2D eigenvalue weighted by Gasteiger charge is -2.35. The van der Waals surface area contributed by atoms with E-state index in [4.69, 9.17) is 9.47 Å². The first-order valence-corrected chi connectivity index (χ1v) is 6.96. The van der Waals surface area contributed by atoms with Crippen LogP contribution in [-0.4, -0.2) is 30.8 Å². The Kier molecular flexibility index (Phi) is 4.49. The zero-order chi connectivity index (χ0) is 14.7. The molecule has 1 amide bonds. The summed E-state index contributed by atoms with van der Waals surface area (Å²) in [5.74, 6) is 1.11. The molecule has 0 aromatic heterocycles. The van der Waals surface area contributed by atoms with Crippen LogP contribution in [0.5, 0.6) is 11.5 Å². The van der Waals surface area contributed by atoms with E-state index in [1.807, 2.05) is 13.8 Å². The highest BCUT2D eigenvalue weighted by atomic mass is 16.5. The Morgan fingerprint density at radius 2 is 2.15 bits per heavy atom. The zero-order valence-corrected chi connectivity index (χ0v) is 12.2. The molecular weight excluding hydrogens is 258 g/mol. The van der Waals surface area contributed by atoms with Crippen molar-refractivity contribution >= 4 is 11.6 Å². The fourth-order valence-electron chi connectivity index (χ4n) is 2.40. The molecule has 2 rings (SSSR count). The van der Waals surface area contributed by atoms with E-state index in [0.717, 1.165) is 6.42 Å². The van der Waals surface area contributed by atoms with Crippen molar-refractivity contribution in [1.82, 2.24) is 0 Å². The van der Waals surface area contributed by atoms with Gasteiger partial charge in [-0.3, -0.25) is 4.79 Å². The number of fused-ring (bicyclic) bond motifs is 1. The van der Waals surface area contributed by atoms with Gasteiger partial charge >= 0.3 is 0 Å². The highest BCUT2D eigenvalue weighted by Gasteiger charge is 2.35. The van der Waals surface area contributed by atoms with Crippen molar-refractivity contribution < 1.29 is 19.4 Å². The zero-order valence-electron chi connectivity index (χ0n) is 12.2. The minimum atomic E-state index is -0.470. The predicted molar refractivity (Wildman–Crippen MR) is 76.3 cm³/mol. The molecule has 0 saturated heterocycles. The molecule has 5 heteroatoms. The summed E-state index contributed by atoms with van der Waals surface area (Å²) in [6.45, 7) is 4.47. The van der Waals surface area contributed by atoms with E-state index < -0.39 is 6.10 Å². The third-order valence-corrected chi connectivity index (χ3v) is 3.41. The van der Waals surface area contributed by atoms with E-state index in [0.29, 0.717) is 35.7 Å². The van der Waals surface area contributed by atoms with E-state index in [2.05, 4.69) is 0 Å². The number of nitrogens with zero attached hydrogens (tertiary/aromatic N) is 1. The van der Waals surface area contributed by atoms with Crippen LogP contribution in [0.15, 0.2) is 12.1 Å². The van der Waals surface area contributed by atoms with Crippen LogP contribution < -0.4 is 14.4 Å². The summed E-state index contributed by atoms with van der Waals surface area (Å²) in [4.78, 5) is 14.1. The highest BCUT2D eigenvalue weighted by molar-refractivity contribution is 6.00. The third kappa shape index (κ3) is 2.45. The second-order valence-corrected chi connectivity index (χ2v) is 4.81. The Morgan fingerprint density at radius 1 is 1.40 bits per heavy atom. The smallest absolute Gasteiger partial charge is 0.268 e. The minimum absolute atomic E-state index is 0.0287. The molecule has 1 atom stereocenters. The summed E-state index contributed by atoms with van der Waals surface area (Å²) in [5, 5.41) is 9.34. The summed E-state index contributed by atoms with van der Waals surface area (Å²) in [6, 6.07) is 3.53. The number of methoxy groups -OCH3 is 1. The van der Waals surface area contributed by atoms with Crippen LogP contribution in [0.4, 0.5) is 5.69 Å². The van der Waals surface area contributed by atoms with Crippen LogP contribution in [0.2, 0.25) is 0 Å². The Labute approximate surface area is 119 Å². The molecular formula is C15H21NO4. The SMILES string of the molecule is CCCN1C(=O)C(CC)Oc2c(OC)cc(CO)cc21. The van der Waals surface area contributed by atoms with Crippen LogP contribution >= 0.6 is 0 Å². The number of amides is 1. The monoisotopic (exact) mass is 279 g/mol. The van der Waals surface area contributed by atoms with E-state index in [9.17, 15) is 9.90 Å². The van der Waals surface area contributed by atoms with Gasteiger partial charge < -0.3 is 19.5 Å². The van der Waals surface area contributed by atoms with Crippen molar-refractivity contribution in [2.24, 2.45) is 0 Å². The molecule has 1 heterocycles.